The molecular weight excluding hydrogens is 430 g/mol. The molecule has 2 nitrogen and oxygen atoms in total. The number of alkyl halides is 3. The van der Waals surface area contributed by atoms with E-state index in [0.29, 0.717) is 19.7 Å². The van der Waals surface area contributed by atoms with Crippen molar-refractivity contribution in [3.05, 3.63) is 67.7 Å². The van der Waals surface area contributed by atoms with Crippen LogP contribution in [0.4, 0.5) is 13.2 Å². The summed E-state index contributed by atoms with van der Waals surface area (Å²) in [5.74, 6) is -0.385. The molecule has 0 heterocycles. The Morgan fingerprint density at radius 2 is 1.91 bits per heavy atom. The van der Waals surface area contributed by atoms with Crippen LogP contribution in [0.2, 0.25) is 5.02 Å². The molecule has 0 spiro atoms. The molecule has 0 unspecified atom stereocenters. The first-order chi connectivity index (χ1) is 10.3. The highest BCUT2D eigenvalue weighted by Crippen LogP contribution is 2.29. The third-order valence-electron chi connectivity index (χ3n) is 2.88. The molecule has 2 aromatic rings. The van der Waals surface area contributed by atoms with Crippen molar-refractivity contribution in [2.75, 3.05) is 0 Å². The Bertz CT molecular complexity index is 703. The second-order valence-corrected chi connectivity index (χ2v) is 6.10. The van der Waals surface area contributed by atoms with Gasteiger partial charge in [0.05, 0.1) is 11.1 Å². The molecule has 0 aromatic heterocycles. The maximum atomic E-state index is 12.6. The SMILES string of the molecule is O=C(NCc1cccc(C(F)(F)F)c1)c1cc(Cl)ccc1I. The van der Waals surface area contributed by atoms with Gasteiger partial charge >= 0.3 is 6.18 Å². The van der Waals surface area contributed by atoms with E-state index in [9.17, 15) is 18.0 Å². The summed E-state index contributed by atoms with van der Waals surface area (Å²) in [6, 6.07) is 9.72. The average molecular weight is 440 g/mol. The van der Waals surface area contributed by atoms with Crippen LogP contribution in [0.15, 0.2) is 42.5 Å². The van der Waals surface area contributed by atoms with E-state index < -0.39 is 11.7 Å². The molecule has 0 aliphatic heterocycles. The highest BCUT2D eigenvalue weighted by molar-refractivity contribution is 14.1. The summed E-state index contributed by atoms with van der Waals surface area (Å²) >= 11 is 7.83. The summed E-state index contributed by atoms with van der Waals surface area (Å²) in [5.41, 5.74) is 0.0249. The van der Waals surface area contributed by atoms with Crippen LogP contribution < -0.4 is 5.32 Å². The Morgan fingerprint density at radius 1 is 1.18 bits per heavy atom. The van der Waals surface area contributed by atoms with Crippen molar-refractivity contribution in [2.45, 2.75) is 12.7 Å². The van der Waals surface area contributed by atoms with Crippen LogP contribution in [0.3, 0.4) is 0 Å². The lowest BCUT2D eigenvalue weighted by molar-refractivity contribution is -0.137. The molecule has 0 saturated heterocycles. The van der Waals surface area contributed by atoms with E-state index in [1.165, 1.54) is 18.2 Å². The number of nitrogens with one attached hydrogen (secondary N) is 1. The Kier molecular flexibility index (Phi) is 5.33. The van der Waals surface area contributed by atoms with Crippen LogP contribution in [0.1, 0.15) is 21.5 Å². The van der Waals surface area contributed by atoms with Gasteiger partial charge in [0.2, 0.25) is 0 Å². The second-order valence-electron chi connectivity index (χ2n) is 4.50. The Balaban J connectivity index is 2.10. The van der Waals surface area contributed by atoms with Gasteiger partial charge in [0.25, 0.3) is 5.91 Å². The first-order valence-electron chi connectivity index (χ1n) is 6.17. The number of halogens is 5. The van der Waals surface area contributed by atoms with Crippen LogP contribution in [-0.2, 0) is 12.7 Å². The maximum absolute atomic E-state index is 12.6. The van der Waals surface area contributed by atoms with Gasteiger partial charge < -0.3 is 5.32 Å². The van der Waals surface area contributed by atoms with Gasteiger partial charge in [0, 0.05) is 15.1 Å². The zero-order chi connectivity index (χ0) is 16.3. The molecule has 2 rings (SSSR count). The van der Waals surface area contributed by atoms with Crippen molar-refractivity contribution < 1.29 is 18.0 Å². The lowest BCUT2D eigenvalue weighted by Gasteiger charge is -2.10. The molecule has 2 aromatic carbocycles. The molecule has 0 saturated carbocycles. The van der Waals surface area contributed by atoms with E-state index in [1.807, 2.05) is 22.6 Å². The first-order valence-corrected chi connectivity index (χ1v) is 7.62. The predicted octanol–water partition coefficient (Wildman–Crippen LogP) is 4.89. The minimum Gasteiger partial charge on any atom is -0.348 e. The van der Waals surface area contributed by atoms with Crippen molar-refractivity contribution in [1.82, 2.24) is 5.32 Å². The van der Waals surface area contributed by atoms with Crippen molar-refractivity contribution in [2.24, 2.45) is 0 Å². The molecule has 0 radical (unpaired) electrons. The molecular formula is C15H10ClF3INO. The topological polar surface area (TPSA) is 29.1 Å². The van der Waals surface area contributed by atoms with Crippen molar-refractivity contribution in [3.8, 4) is 0 Å². The fraction of sp³-hybridized carbons (Fsp3) is 0.133. The zero-order valence-corrected chi connectivity index (χ0v) is 14.0. The summed E-state index contributed by atoms with van der Waals surface area (Å²) in [5, 5.41) is 3.01. The number of hydrogen-bond donors (Lipinski definition) is 1. The third-order valence-corrected chi connectivity index (χ3v) is 4.06. The van der Waals surface area contributed by atoms with Gasteiger partial charge in [-0.05, 0) is 58.5 Å². The molecule has 116 valence electrons. The van der Waals surface area contributed by atoms with E-state index in [0.717, 1.165) is 12.1 Å². The van der Waals surface area contributed by atoms with Gasteiger partial charge in [-0.1, -0.05) is 23.7 Å². The minimum atomic E-state index is -4.40. The standard InChI is InChI=1S/C15H10ClF3INO/c16-11-4-5-13(20)12(7-11)14(22)21-8-9-2-1-3-10(6-9)15(17,18)19/h1-7H,8H2,(H,21,22). The summed E-state index contributed by atoms with van der Waals surface area (Å²) in [4.78, 5) is 12.1. The van der Waals surface area contributed by atoms with Gasteiger partial charge in [0.15, 0.2) is 0 Å². The number of amides is 1. The van der Waals surface area contributed by atoms with Crippen molar-refractivity contribution in [1.29, 1.82) is 0 Å². The quantitative estimate of drug-likeness (QED) is 0.678. The molecule has 1 amide bonds. The van der Waals surface area contributed by atoms with Gasteiger partial charge in [-0.3, -0.25) is 4.79 Å². The molecule has 0 aliphatic carbocycles. The number of carbonyl (C=O) groups is 1. The monoisotopic (exact) mass is 439 g/mol. The Morgan fingerprint density at radius 3 is 2.59 bits per heavy atom. The van der Waals surface area contributed by atoms with Crippen LogP contribution >= 0.6 is 34.2 Å². The summed E-state index contributed by atoms with van der Waals surface area (Å²) in [6.45, 7) is 0.00530. The van der Waals surface area contributed by atoms with Crippen LogP contribution in [0.5, 0.6) is 0 Å². The van der Waals surface area contributed by atoms with E-state index in [4.69, 9.17) is 11.6 Å². The third kappa shape index (κ3) is 4.36. The first kappa shape index (κ1) is 17.1. The van der Waals surface area contributed by atoms with Crippen LogP contribution in [-0.4, -0.2) is 5.91 Å². The molecule has 1 N–H and O–H groups in total. The summed E-state index contributed by atoms with van der Waals surface area (Å²) < 4.78 is 38.6. The van der Waals surface area contributed by atoms with E-state index in [1.54, 1.807) is 12.1 Å². The van der Waals surface area contributed by atoms with E-state index >= 15 is 0 Å². The lowest BCUT2D eigenvalue weighted by Crippen LogP contribution is -2.23. The smallest absolute Gasteiger partial charge is 0.348 e. The van der Waals surface area contributed by atoms with Crippen LogP contribution in [0.25, 0.3) is 0 Å². The highest BCUT2D eigenvalue weighted by Gasteiger charge is 2.30. The normalized spacial score (nSPS) is 11.3. The van der Waals surface area contributed by atoms with Crippen molar-refractivity contribution in [3.63, 3.8) is 0 Å². The number of rotatable bonds is 3. The summed E-state index contributed by atoms with van der Waals surface area (Å²) in [7, 11) is 0. The van der Waals surface area contributed by atoms with Gasteiger partial charge in [0.1, 0.15) is 0 Å². The molecule has 7 heteroatoms. The van der Waals surface area contributed by atoms with Gasteiger partial charge in [-0.2, -0.15) is 13.2 Å². The summed E-state index contributed by atoms with van der Waals surface area (Å²) in [6.07, 6.45) is -4.40. The minimum absolute atomic E-state index is 0.00530. The molecule has 0 fully saturated rings. The predicted molar refractivity (Wildman–Crippen MR) is 86.8 cm³/mol. The molecule has 0 aliphatic rings. The molecule has 0 bridgehead atoms. The van der Waals surface area contributed by atoms with Crippen molar-refractivity contribution >= 4 is 40.1 Å². The van der Waals surface area contributed by atoms with Gasteiger partial charge in [-0.25, -0.2) is 0 Å². The zero-order valence-electron chi connectivity index (χ0n) is 11.0. The second kappa shape index (κ2) is 6.87. The fourth-order valence-electron chi connectivity index (χ4n) is 1.81. The molecule has 22 heavy (non-hydrogen) atoms. The Labute approximate surface area is 143 Å². The van der Waals surface area contributed by atoms with Gasteiger partial charge in [-0.15, -0.1) is 0 Å². The average Bonchev–Trinajstić information content (AvgIpc) is 2.47. The van der Waals surface area contributed by atoms with Crippen LogP contribution in [0, 0.1) is 3.57 Å². The highest BCUT2D eigenvalue weighted by atomic mass is 127. The maximum Gasteiger partial charge on any atom is 0.416 e. The van der Waals surface area contributed by atoms with E-state index in [-0.39, 0.29) is 12.5 Å². The fourth-order valence-corrected chi connectivity index (χ4v) is 2.56. The largest absolute Gasteiger partial charge is 0.416 e. The molecule has 0 atom stereocenters. The number of hydrogen-bond acceptors (Lipinski definition) is 1. The van der Waals surface area contributed by atoms with E-state index in [2.05, 4.69) is 5.32 Å². The Hall–Kier alpha value is -1.28. The lowest BCUT2D eigenvalue weighted by atomic mass is 10.1. The number of benzene rings is 2. The number of carbonyl (C=O) groups excluding carboxylic acids is 1.